The SMILES string of the molecule is NC(=O)CNC(=O)CCOc1ccc(C(=O)c2ccc(N=C=S)cc2)cc1. The first-order valence-corrected chi connectivity index (χ1v) is 8.41. The summed E-state index contributed by atoms with van der Waals surface area (Å²) in [6.45, 7) is -0.0613. The van der Waals surface area contributed by atoms with Crippen LogP contribution in [-0.4, -0.2) is 35.9 Å². The number of nitrogens with two attached hydrogens (primary N) is 1. The van der Waals surface area contributed by atoms with Crippen molar-refractivity contribution in [1.29, 1.82) is 0 Å². The van der Waals surface area contributed by atoms with Crippen molar-refractivity contribution < 1.29 is 19.1 Å². The number of benzene rings is 2. The van der Waals surface area contributed by atoms with Crippen LogP contribution in [-0.2, 0) is 9.59 Å². The maximum Gasteiger partial charge on any atom is 0.236 e. The second-order valence-corrected chi connectivity index (χ2v) is 5.63. The van der Waals surface area contributed by atoms with Gasteiger partial charge in [0.25, 0.3) is 0 Å². The smallest absolute Gasteiger partial charge is 0.236 e. The number of isothiocyanates is 1. The van der Waals surface area contributed by atoms with E-state index in [1.54, 1.807) is 48.5 Å². The number of hydrogen-bond donors (Lipinski definition) is 2. The number of ketones is 1. The van der Waals surface area contributed by atoms with Crippen LogP contribution >= 0.6 is 12.2 Å². The Morgan fingerprint density at radius 3 is 2.19 bits per heavy atom. The van der Waals surface area contributed by atoms with Crippen molar-refractivity contribution in [1.82, 2.24) is 5.32 Å². The molecule has 0 atom stereocenters. The molecule has 3 N–H and O–H groups in total. The van der Waals surface area contributed by atoms with Gasteiger partial charge in [0, 0.05) is 11.1 Å². The van der Waals surface area contributed by atoms with Gasteiger partial charge in [-0.2, -0.15) is 4.99 Å². The van der Waals surface area contributed by atoms with Crippen molar-refractivity contribution >= 4 is 40.7 Å². The second kappa shape index (κ2) is 9.96. The molecule has 2 amide bonds. The number of carbonyl (C=O) groups excluding carboxylic acids is 3. The summed E-state index contributed by atoms with van der Waals surface area (Å²) in [6, 6.07) is 13.3. The summed E-state index contributed by atoms with van der Waals surface area (Å²) in [5.74, 6) is -0.544. The molecule has 0 aliphatic heterocycles. The lowest BCUT2D eigenvalue weighted by Gasteiger charge is -2.07. The van der Waals surface area contributed by atoms with Gasteiger partial charge in [-0.1, -0.05) is 0 Å². The molecule has 8 heteroatoms. The van der Waals surface area contributed by atoms with Gasteiger partial charge in [-0.25, -0.2) is 0 Å². The lowest BCUT2D eigenvalue weighted by atomic mass is 10.0. The van der Waals surface area contributed by atoms with Gasteiger partial charge in [-0.15, -0.1) is 0 Å². The lowest BCUT2D eigenvalue weighted by molar-refractivity contribution is -0.125. The Bertz CT molecular complexity index is 873. The van der Waals surface area contributed by atoms with E-state index in [1.807, 2.05) is 0 Å². The third kappa shape index (κ3) is 6.47. The number of amides is 2. The van der Waals surface area contributed by atoms with Gasteiger partial charge in [0.15, 0.2) is 5.78 Å². The number of nitrogens with one attached hydrogen (secondary N) is 1. The van der Waals surface area contributed by atoms with Gasteiger partial charge in [-0.05, 0) is 60.7 Å². The summed E-state index contributed by atoms with van der Waals surface area (Å²) in [7, 11) is 0. The van der Waals surface area contributed by atoms with Crippen LogP contribution in [0, 0.1) is 0 Å². The maximum absolute atomic E-state index is 12.5. The number of nitrogens with zero attached hydrogens (tertiary/aromatic N) is 1. The number of primary amides is 1. The average Bonchev–Trinajstić information content (AvgIpc) is 2.67. The van der Waals surface area contributed by atoms with Crippen molar-refractivity contribution in [2.45, 2.75) is 6.42 Å². The van der Waals surface area contributed by atoms with Crippen LogP contribution in [0.4, 0.5) is 5.69 Å². The zero-order valence-corrected chi connectivity index (χ0v) is 15.1. The first kappa shape index (κ1) is 20.0. The van der Waals surface area contributed by atoms with Crippen molar-refractivity contribution in [3.8, 4) is 5.75 Å². The second-order valence-electron chi connectivity index (χ2n) is 5.44. The monoisotopic (exact) mass is 383 g/mol. The number of aliphatic imine (C=N–C) groups is 1. The fourth-order valence-electron chi connectivity index (χ4n) is 2.14. The molecule has 27 heavy (non-hydrogen) atoms. The predicted molar refractivity (Wildman–Crippen MR) is 103 cm³/mol. The molecule has 2 rings (SSSR count). The fourth-order valence-corrected chi connectivity index (χ4v) is 2.25. The first-order valence-electron chi connectivity index (χ1n) is 8.00. The first-order chi connectivity index (χ1) is 13.0. The maximum atomic E-state index is 12.5. The molecular weight excluding hydrogens is 366 g/mol. The van der Waals surface area contributed by atoms with Crippen LogP contribution in [0.1, 0.15) is 22.3 Å². The van der Waals surface area contributed by atoms with Crippen LogP contribution in [0.5, 0.6) is 5.75 Å². The predicted octanol–water partition coefficient (Wildman–Crippen LogP) is 2.02. The minimum atomic E-state index is -0.606. The molecule has 0 saturated heterocycles. The molecule has 0 aromatic heterocycles. The van der Waals surface area contributed by atoms with Crippen molar-refractivity contribution in [3.05, 3.63) is 59.7 Å². The standard InChI is InChI=1S/C19H17N3O4S/c20-17(23)11-21-18(24)9-10-26-16-7-3-14(4-8-16)19(25)13-1-5-15(6-2-13)22-12-27/h1-8H,9-11H2,(H2,20,23)(H,21,24). The van der Waals surface area contributed by atoms with E-state index in [4.69, 9.17) is 10.5 Å². The Kier molecular flexibility index (Phi) is 7.37. The van der Waals surface area contributed by atoms with Gasteiger partial charge < -0.3 is 15.8 Å². The fraction of sp³-hybridized carbons (Fsp3) is 0.158. The molecule has 0 saturated carbocycles. The molecule has 0 aliphatic rings. The number of ether oxygens (including phenoxy) is 1. The zero-order valence-electron chi connectivity index (χ0n) is 14.3. The third-order valence-corrected chi connectivity index (χ3v) is 3.57. The molecule has 138 valence electrons. The molecule has 0 heterocycles. The van der Waals surface area contributed by atoms with Crippen molar-refractivity contribution in [3.63, 3.8) is 0 Å². The zero-order chi connectivity index (χ0) is 19.6. The molecule has 0 radical (unpaired) electrons. The van der Waals surface area contributed by atoms with Gasteiger partial charge in [-0.3, -0.25) is 14.4 Å². The molecule has 0 unspecified atom stereocenters. The molecule has 0 spiro atoms. The third-order valence-electron chi connectivity index (χ3n) is 3.48. The Morgan fingerprint density at radius 2 is 1.63 bits per heavy atom. The van der Waals surface area contributed by atoms with Gasteiger partial charge in [0.05, 0.1) is 30.4 Å². The highest BCUT2D eigenvalue weighted by Gasteiger charge is 2.09. The minimum absolute atomic E-state index is 0.0878. The van der Waals surface area contributed by atoms with E-state index in [2.05, 4.69) is 27.7 Å². The quantitative estimate of drug-likeness (QED) is 0.391. The molecule has 7 nitrogen and oxygen atoms in total. The summed E-state index contributed by atoms with van der Waals surface area (Å²) in [5.41, 5.74) is 6.60. The largest absolute Gasteiger partial charge is 0.493 e. The van der Waals surface area contributed by atoms with E-state index < -0.39 is 5.91 Å². The topological polar surface area (TPSA) is 111 Å². The molecule has 2 aromatic carbocycles. The van der Waals surface area contributed by atoms with E-state index in [-0.39, 0.29) is 31.3 Å². The average molecular weight is 383 g/mol. The Hall–Kier alpha value is -3.35. The van der Waals surface area contributed by atoms with Crippen LogP contribution in [0.15, 0.2) is 53.5 Å². The van der Waals surface area contributed by atoms with E-state index in [9.17, 15) is 14.4 Å². The van der Waals surface area contributed by atoms with E-state index in [0.29, 0.717) is 22.6 Å². The highest BCUT2D eigenvalue weighted by Crippen LogP contribution is 2.18. The van der Waals surface area contributed by atoms with Gasteiger partial charge in [0.2, 0.25) is 11.8 Å². The summed E-state index contributed by atoms with van der Waals surface area (Å²) in [5, 5.41) is 4.64. The summed E-state index contributed by atoms with van der Waals surface area (Å²) >= 11 is 4.54. The highest BCUT2D eigenvalue weighted by atomic mass is 32.1. The number of rotatable bonds is 9. The molecular formula is C19H17N3O4S. The van der Waals surface area contributed by atoms with Crippen molar-refractivity contribution in [2.24, 2.45) is 10.7 Å². The normalized spacial score (nSPS) is 9.78. The molecule has 0 bridgehead atoms. The van der Waals surface area contributed by atoms with Gasteiger partial charge >= 0.3 is 0 Å². The number of thiocarbonyl (C=S) groups is 1. The minimum Gasteiger partial charge on any atom is -0.493 e. The Labute approximate surface area is 161 Å². The molecule has 0 aliphatic carbocycles. The molecule has 0 fully saturated rings. The summed E-state index contributed by atoms with van der Waals surface area (Å²) in [4.78, 5) is 38.3. The summed E-state index contributed by atoms with van der Waals surface area (Å²) in [6.07, 6.45) is 0.0878. The van der Waals surface area contributed by atoms with Crippen LogP contribution in [0.3, 0.4) is 0 Å². The van der Waals surface area contributed by atoms with Crippen LogP contribution in [0.2, 0.25) is 0 Å². The van der Waals surface area contributed by atoms with E-state index in [0.717, 1.165) is 0 Å². The highest BCUT2D eigenvalue weighted by molar-refractivity contribution is 7.78. The van der Waals surface area contributed by atoms with E-state index >= 15 is 0 Å². The lowest BCUT2D eigenvalue weighted by Crippen LogP contribution is -2.33. The van der Waals surface area contributed by atoms with E-state index in [1.165, 1.54) is 0 Å². The summed E-state index contributed by atoms with van der Waals surface area (Å²) < 4.78 is 5.45. The number of carbonyl (C=O) groups is 3. The van der Waals surface area contributed by atoms with Crippen LogP contribution < -0.4 is 15.8 Å². The van der Waals surface area contributed by atoms with Crippen LogP contribution in [0.25, 0.3) is 0 Å². The number of hydrogen-bond acceptors (Lipinski definition) is 6. The molecule has 2 aromatic rings. The Balaban J connectivity index is 1.88. The van der Waals surface area contributed by atoms with Gasteiger partial charge in [0.1, 0.15) is 5.75 Å². The Morgan fingerprint density at radius 1 is 1.04 bits per heavy atom. The van der Waals surface area contributed by atoms with Crippen molar-refractivity contribution in [2.75, 3.05) is 13.2 Å².